The lowest BCUT2D eigenvalue weighted by Gasteiger charge is -2.30. The second kappa shape index (κ2) is 14.3. The first-order valence-corrected chi connectivity index (χ1v) is 15.0. The number of carboxylic acids is 1. The highest BCUT2D eigenvalue weighted by Crippen LogP contribution is 2.36. The molecule has 0 fully saturated rings. The van der Waals surface area contributed by atoms with Crippen LogP contribution in [0, 0.1) is 0 Å². The van der Waals surface area contributed by atoms with E-state index >= 15 is 0 Å². The highest BCUT2D eigenvalue weighted by molar-refractivity contribution is 5.72. The summed E-state index contributed by atoms with van der Waals surface area (Å²) >= 11 is 0. The molecule has 0 aromatic heterocycles. The number of carboxylic acid groups (broad SMARTS) is 1. The van der Waals surface area contributed by atoms with Crippen molar-refractivity contribution in [2.24, 2.45) is 0 Å². The van der Waals surface area contributed by atoms with Crippen LogP contribution in [0.25, 0.3) is 0 Å². The molecule has 1 aliphatic rings. The number of hydrogen-bond acceptors (Lipinski definition) is 4. The summed E-state index contributed by atoms with van der Waals surface area (Å²) in [6.07, 6.45) is 3.69. The molecule has 0 amide bonds. The molecule has 0 aliphatic heterocycles. The van der Waals surface area contributed by atoms with E-state index in [4.69, 9.17) is 9.47 Å². The van der Waals surface area contributed by atoms with Gasteiger partial charge in [0.05, 0.1) is 6.04 Å². The molecule has 42 heavy (non-hydrogen) atoms. The molecule has 0 spiro atoms. The smallest absolute Gasteiger partial charge is 0.333 e. The number of likely N-dealkylation sites (N-methyl/N-ethyl adjacent to an activating group) is 1. The summed E-state index contributed by atoms with van der Waals surface area (Å²) in [7, 11) is 2.19. The molecule has 0 saturated heterocycles. The fourth-order valence-electron chi connectivity index (χ4n) is 5.96. The Labute approximate surface area is 249 Å². The van der Waals surface area contributed by atoms with Gasteiger partial charge in [0.2, 0.25) is 0 Å². The molecule has 2 atom stereocenters. The van der Waals surface area contributed by atoms with E-state index in [9.17, 15) is 9.90 Å². The first kappa shape index (κ1) is 29.6. The van der Waals surface area contributed by atoms with Crippen molar-refractivity contribution in [1.82, 2.24) is 4.90 Å². The van der Waals surface area contributed by atoms with E-state index in [2.05, 4.69) is 84.7 Å². The van der Waals surface area contributed by atoms with Gasteiger partial charge in [-0.3, -0.25) is 4.90 Å². The molecule has 5 rings (SSSR count). The van der Waals surface area contributed by atoms with Gasteiger partial charge in [-0.05, 0) is 90.7 Å². The highest BCUT2D eigenvalue weighted by atomic mass is 16.5. The SMILES string of the molecule is CCOC(Cc1ccc(OCCN(C)C2c3ccccc3CCc3cc(CCc4ccccc4)ccc32)cc1)C(=O)O. The molecule has 4 aromatic rings. The van der Waals surface area contributed by atoms with Crippen molar-refractivity contribution < 1.29 is 19.4 Å². The largest absolute Gasteiger partial charge is 0.492 e. The van der Waals surface area contributed by atoms with Crippen molar-refractivity contribution >= 4 is 5.97 Å². The van der Waals surface area contributed by atoms with E-state index in [0.717, 1.165) is 43.5 Å². The third-order valence-corrected chi connectivity index (χ3v) is 8.20. The molecule has 0 heterocycles. The average molecular weight is 564 g/mol. The Hall–Kier alpha value is -3.93. The van der Waals surface area contributed by atoms with Crippen LogP contribution >= 0.6 is 0 Å². The second-order valence-corrected chi connectivity index (χ2v) is 11.1. The van der Waals surface area contributed by atoms with Crippen LogP contribution in [0.15, 0.2) is 97.1 Å². The summed E-state index contributed by atoms with van der Waals surface area (Å²) in [4.78, 5) is 13.8. The predicted octanol–water partition coefficient (Wildman–Crippen LogP) is 6.70. The average Bonchev–Trinajstić information content (AvgIpc) is 3.17. The third kappa shape index (κ3) is 7.47. The number of carbonyl (C=O) groups is 1. The van der Waals surface area contributed by atoms with Crippen LogP contribution in [-0.4, -0.2) is 48.9 Å². The Balaban J connectivity index is 1.25. The summed E-state index contributed by atoms with van der Waals surface area (Å²) in [6, 6.07) is 34.5. The number of ether oxygens (including phenoxy) is 2. The number of nitrogens with zero attached hydrogens (tertiary/aromatic N) is 1. The van der Waals surface area contributed by atoms with Crippen molar-refractivity contribution in [3.05, 3.63) is 136 Å². The monoisotopic (exact) mass is 563 g/mol. The first-order chi connectivity index (χ1) is 20.5. The van der Waals surface area contributed by atoms with Crippen LogP contribution < -0.4 is 4.74 Å². The fourth-order valence-corrected chi connectivity index (χ4v) is 5.96. The topological polar surface area (TPSA) is 59.0 Å². The van der Waals surface area contributed by atoms with Gasteiger partial charge in [-0.2, -0.15) is 0 Å². The summed E-state index contributed by atoms with van der Waals surface area (Å²) in [5.74, 6) is -0.162. The number of rotatable bonds is 13. The lowest BCUT2D eigenvalue weighted by atomic mass is 9.91. The maximum atomic E-state index is 11.4. The second-order valence-electron chi connectivity index (χ2n) is 11.1. The molecule has 218 valence electrons. The van der Waals surface area contributed by atoms with E-state index in [1.165, 1.54) is 33.4 Å². The molecular formula is C37H41NO4. The van der Waals surface area contributed by atoms with Gasteiger partial charge in [0, 0.05) is 19.6 Å². The Morgan fingerprint density at radius 1 is 0.833 bits per heavy atom. The predicted molar refractivity (Wildman–Crippen MR) is 167 cm³/mol. The van der Waals surface area contributed by atoms with Crippen molar-refractivity contribution in [2.45, 2.75) is 51.2 Å². The Bertz CT molecular complexity index is 1450. The highest BCUT2D eigenvalue weighted by Gasteiger charge is 2.27. The van der Waals surface area contributed by atoms with E-state index in [-0.39, 0.29) is 6.04 Å². The number of hydrogen-bond donors (Lipinski definition) is 1. The third-order valence-electron chi connectivity index (χ3n) is 8.20. The Kier molecular flexibility index (Phi) is 10.1. The molecule has 5 nitrogen and oxygen atoms in total. The van der Waals surface area contributed by atoms with Gasteiger partial charge in [0.25, 0.3) is 0 Å². The van der Waals surface area contributed by atoms with Gasteiger partial charge in [0.15, 0.2) is 6.10 Å². The summed E-state index contributed by atoms with van der Waals surface area (Å²) in [6.45, 7) is 3.49. The molecule has 5 heteroatoms. The minimum absolute atomic E-state index is 0.166. The van der Waals surface area contributed by atoms with Gasteiger partial charge in [0.1, 0.15) is 12.4 Å². The van der Waals surface area contributed by atoms with E-state index < -0.39 is 12.1 Å². The molecule has 0 radical (unpaired) electrons. The lowest BCUT2D eigenvalue weighted by Crippen LogP contribution is -2.30. The molecule has 1 aliphatic carbocycles. The van der Waals surface area contributed by atoms with Gasteiger partial charge in [-0.25, -0.2) is 4.79 Å². The Morgan fingerprint density at radius 2 is 1.50 bits per heavy atom. The van der Waals surface area contributed by atoms with Crippen LogP contribution in [0.4, 0.5) is 0 Å². The minimum atomic E-state index is -0.940. The van der Waals surface area contributed by atoms with E-state index in [0.29, 0.717) is 19.6 Å². The van der Waals surface area contributed by atoms with Gasteiger partial charge >= 0.3 is 5.97 Å². The number of fused-ring (bicyclic) bond motifs is 2. The van der Waals surface area contributed by atoms with Gasteiger partial charge < -0.3 is 14.6 Å². The minimum Gasteiger partial charge on any atom is -0.492 e. The van der Waals surface area contributed by atoms with Crippen LogP contribution in [0.1, 0.15) is 51.9 Å². The van der Waals surface area contributed by atoms with Crippen molar-refractivity contribution in [1.29, 1.82) is 0 Å². The summed E-state index contributed by atoms with van der Waals surface area (Å²) < 4.78 is 11.5. The van der Waals surface area contributed by atoms with Gasteiger partial charge in [-0.15, -0.1) is 0 Å². The molecule has 0 bridgehead atoms. The number of benzene rings is 4. The zero-order valence-electron chi connectivity index (χ0n) is 24.7. The summed E-state index contributed by atoms with van der Waals surface area (Å²) in [5, 5.41) is 9.36. The molecule has 4 aromatic carbocycles. The zero-order chi connectivity index (χ0) is 29.3. The van der Waals surface area contributed by atoms with E-state index in [1.54, 1.807) is 6.92 Å². The van der Waals surface area contributed by atoms with Crippen molar-refractivity contribution in [2.75, 3.05) is 26.8 Å². The molecule has 2 unspecified atom stereocenters. The number of aryl methyl sites for hydroxylation is 4. The van der Waals surface area contributed by atoms with Crippen LogP contribution in [0.5, 0.6) is 5.75 Å². The summed E-state index contributed by atoms with van der Waals surface area (Å²) in [5.41, 5.74) is 9.31. The van der Waals surface area contributed by atoms with Crippen LogP contribution in [-0.2, 0) is 41.6 Å². The normalized spacial score (nSPS) is 15.0. The maximum Gasteiger partial charge on any atom is 0.333 e. The van der Waals surface area contributed by atoms with Gasteiger partial charge in [-0.1, -0.05) is 84.9 Å². The van der Waals surface area contributed by atoms with Crippen molar-refractivity contribution in [3.63, 3.8) is 0 Å². The maximum absolute atomic E-state index is 11.4. The van der Waals surface area contributed by atoms with E-state index in [1.807, 2.05) is 24.3 Å². The standard InChI is InChI=1S/C37H41NO4/c1-3-41-35(37(39)40)26-29-15-20-32(21-16-29)42-24-23-38(2)36-33-12-8-7-11-30(33)18-19-31-25-28(17-22-34(31)36)14-13-27-9-5-4-6-10-27/h4-12,15-17,20-22,25,35-36H,3,13-14,18-19,23-24,26H2,1-2H3,(H,39,40). The molecule has 0 saturated carbocycles. The van der Waals surface area contributed by atoms with Crippen LogP contribution in [0.3, 0.4) is 0 Å². The number of aliphatic carboxylic acids is 1. The zero-order valence-corrected chi connectivity index (χ0v) is 24.7. The fraction of sp³-hybridized carbons (Fsp3) is 0.324. The molecule has 1 N–H and O–H groups in total. The first-order valence-electron chi connectivity index (χ1n) is 15.0. The van der Waals surface area contributed by atoms with Crippen LogP contribution in [0.2, 0.25) is 0 Å². The molecular weight excluding hydrogens is 522 g/mol. The quantitative estimate of drug-likeness (QED) is 0.196. The van der Waals surface area contributed by atoms with Crippen molar-refractivity contribution in [3.8, 4) is 5.75 Å². The lowest BCUT2D eigenvalue weighted by molar-refractivity contribution is -0.149. The Morgan fingerprint density at radius 3 is 2.26 bits per heavy atom.